The van der Waals surface area contributed by atoms with Crippen LogP contribution in [0.4, 0.5) is 17.3 Å². The second-order valence-electron chi connectivity index (χ2n) is 4.42. The zero-order valence-electron chi connectivity index (χ0n) is 12.0. The number of hydrogen-bond donors (Lipinski definition) is 2. The van der Waals surface area contributed by atoms with Crippen LogP contribution in [0.5, 0.6) is 0 Å². The number of hydrogen-bond acceptors (Lipinski definition) is 6. The van der Waals surface area contributed by atoms with Crippen LogP contribution in [-0.2, 0) is 4.79 Å². The highest BCUT2D eigenvalue weighted by Gasteiger charge is 2.15. The van der Waals surface area contributed by atoms with Crippen molar-refractivity contribution in [2.45, 2.75) is 5.16 Å². The van der Waals surface area contributed by atoms with Gasteiger partial charge in [-0.25, -0.2) is 9.97 Å². The summed E-state index contributed by atoms with van der Waals surface area (Å²) in [5, 5.41) is 0.387. The Labute approximate surface area is 133 Å². The molecule has 114 valence electrons. The monoisotopic (exact) mass is 315 g/mol. The smallest absolute Gasteiger partial charge is 0.237 e. The third-order valence-corrected chi connectivity index (χ3v) is 3.58. The molecular formula is C15H17N5OS. The highest BCUT2D eigenvalue weighted by atomic mass is 32.2. The molecule has 1 aromatic heterocycles. The van der Waals surface area contributed by atoms with Crippen molar-refractivity contribution in [3.8, 4) is 0 Å². The van der Waals surface area contributed by atoms with Crippen molar-refractivity contribution >= 4 is 35.0 Å². The molecule has 7 heteroatoms. The van der Waals surface area contributed by atoms with Crippen LogP contribution in [0.25, 0.3) is 0 Å². The van der Waals surface area contributed by atoms with Crippen molar-refractivity contribution in [2.75, 3.05) is 28.7 Å². The van der Waals surface area contributed by atoms with Crippen LogP contribution in [0.3, 0.4) is 0 Å². The van der Waals surface area contributed by atoms with Gasteiger partial charge in [0.1, 0.15) is 11.6 Å². The summed E-state index contributed by atoms with van der Waals surface area (Å²) in [4.78, 5) is 22.2. The van der Waals surface area contributed by atoms with Crippen LogP contribution in [0.1, 0.15) is 0 Å². The summed E-state index contributed by atoms with van der Waals surface area (Å²) in [6.07, 6.45) is 1.69. The Balaban J connectivity index is 2.07. The summed E-state index contributed by atoms with van der Waals surface area (Å²) in [5.74, 6) is 0.689. The lowest BCUT2D eigenvalue weighted by molar-refractivity contribution is -0.116. The molecule has 0 saturated heterocycles. The minimum atomic E-state index is -0.0688. The lowest BCUT2D eigenvalue weighted by Crippen LogP contribution is -2.32. The summed E-state index contributed by atoms with van der Waals surface area (Å²) in [7, 11) is 0. The van der Waals surface area contributed by atoms with Crippen molar-refractivity contribution in [3.63, 3.8) is 0 Å². The lowest BCUT2D eigenvalue weighted by Gasteiger charge is -2.20. The Morgan fingerprint density at radius 1 is 1.23 bits per heavy atom. The molecule has 2 aromatic rings. The number of nitrogen functional groups attached to an aromatic ring is 2. The number of carbonyl (C=O) groups is 1. The zero-order valence-corrected chi connectivity index (χ0v) is 12.8. The Morgan fingerprint density at radius 3 is 2.45 bits per heavy atom. The minimum absolute atomic E-state index is 0.0688. The molecule has 22 heavy (non-hydrogen) atoms. The highest BCUT2D eigenvalue weighted by Crippen LogP contribution is 2.19. The maximum Gasteiger partial charge on any atom is 0.237 e. The molecule has 0 aliphatic rings. The van der Waals surface area contributed by atoms with E-state index >= 15 is 0 Å². The maximum absolute atomic E-state index is 12.4. The zero-order chi connectivity index (χ0) is 15.9. The van der Waals surface area contributed by atoms with Crippen LogP contribution < -0.4 is 16.4 Å². The number of aromatic nitrogens is 2. The van der Waals surface area contributed by atoms with E-state index in [0.29, 0.717) is 11.7 Å². The number of para-hydroxylation sites is 1. The van der Waals surface area contributed by atoms with E-state index in [1.807, 2.05) is 30.3 Å². The van der Waals surface area contributed by atoms with E-state index in [1.165, 1.54) is 17.8 Å². The molecule has 0 bridgehead atoms. The van der Waals surface area contributed by atoms with Gasteiger partial charge in [0.25, 0.3) is 0 Å². The topological polar surface area (TPSA) is 98.1 Å². The number of nitrogens with zero attached hydrogens (tertiary/aromatic N) is 3. The number of carbonyl (C=O) groups excluding carboxylic acids is 1. The fraction of sp³-hybridized carbons (Fsp3) is 0.133. The van der Waals surface area contributed by atoms with Gasteiger partial charge in [-0.1, -0.05) is 36.0 Å². The van der Waals surface area contributed by atoms with Gasteiger partial charge in [0, 0.05) is 18.3 Å². The predicted molar refractivity (Wildman–Crippen MR) is 90.6 cm³/mol. The van der Waals surface area contributed by atoms with Gasteiger partial charge in [0.2, 0.25) is 5.91 Å². The van der Waals surface area contributed by atoms with Crippen LogP contribution >= 0.6 is 11.8 Å². The maximum atomic E-state index is 12.4. The van der Waals surface area contributed by atoms with E-state index in [-0.39, 0.29) is 23.3 Å². The average Bonchev–Trinajstić information content (AvgIpc) is 2.50. The first-order valence-corrected chi connectivity index (χ1v) is 7.58. The molecular weight excluding hydrogens is 298 g/mol. The second kappa shape index (κ2) is 7.46. The van der Waals surface area contributed by atoms with Crippen LogP contribution in [0.2, 0.25) is 0 Å². The van der Waals surface area contributed by atoms with Gasteiger partial charge < -0.3 is 16.4 Å². The van der Waals surface area contributed by atoms with Gasteiger partial charge in [-0.15, -0.1) is 6.58 Å². The van der Waals surface area contributed by atoms with Crippen molar-refractivity contribution in [2.24, 2.45) is 0 Å². The molecule has 0 spiro atoms. The molecule has 0 aliphatic heterocycles. The van der Waals surface area contributed by atoms with Crippen molar-refractivity contribution in [1.82, 2.24) is 9.97 Å². The van der Waals surface area contributed by atoms with Gasteiger partial charge >= 0.3 is 0 Å². The van der Waals surface area contributed by atoms with Gasteiger partial charge in [-0.05, 0) is 12.1 Å². The largest absolute Gasteiger partial charge is 0.383 e. The molecule has 0 saturated carbocycles. The van der Waals surface area contributed by atoms with E-state index in [4.69, 9.17) is 11.5 Å². The van der Waals surface area contributed by atoms with Gasteiger partial charge in [-0.3, -0.25) is 4.79 Å². The molecule has 0 fully saturated rings. The van der Waals surface area contributed by atoms with Gasteiger partial charge in [-0.2, -0.15) is 0 Å². The third kappa shape index (κ3) is 4.23. The van der Waals surface area contributed by atoms with Crippen molar-refractivity contribution < 1.29 is 4.79 Å². The average molecular weight is 315 g/mol. The predicted octanol–water partition coefficient (Wildman–Crippen LogP) is 1.95. The van der Waals surface area contributed by atoms with Crippen LogP contribution in [0, 0.1) is 0 Å². The number of anilines is 3. The molecule has 2 rings (SSSR count). The highest BCUT2D eigenvalue weighted by molar-refractivity contribution is 7.99. The normalized spacial score (nSPS) is 10.2. The van der Waals surface area contributed by atoms with Crippen molar-refractivity contribution in [1.29, 1.82) is 0 Å². The molecule has 0 atom stereocenters. The number of amides is 1. The first-order valence-electron chi connectivity index (χ1n) is 6.59. The molecule has 6 nitrogen and oxygen atoms in total. The Kier molecular flexibility index (Phi) is 5.37. The first kappa shape index (κ1) is 15.8. The van der Waals surface area contributed by atoms with Crippen molar-refractivity contribution in [3.05, 3.63) is 49.1 Å². The number of thioether (sulfide) groups is 1. The minimum Gasteiger partial charge on any atom is -0.383 e. The van der Waals surface area contributed by atoms with Crippen LogP contribution in [-0.4, -0.2) is 28.2 Å². The van der Waals surface area contributed by atoms with E-state index < -0.39 is 0 Å². The fourth-order valence-corrected chi connectivity index (χ4v) is 2.57. The molecule has 4 N–H and O–H groups in total. The fourth-order valence-electron chi connectivity index (χ4n) is 1.82. The van der Waals surface area contributed by atoms with E-state index in [9.17, 15) is 4.79 Å². The Morgan fingerprint density at radius 2 is 1.86 bits per heavy atom. The Hall–Kier alpha value is -2.54. The van der Waals surface area contributed by atoms with E-state index in [0.717, 1.165) is 5.69 Å². The summed E-state index contributed by atoms with van der Waals surface area (Å²) in [6.45, 7) is 4.13. The molecule has 1 amide bonds. The lowest BCUT2D eigenvalue weighted by atomic mass is 10.3. The summed E-state index contributed by atoms with van der Waals surface area (Å²) in [6, 6.07) is 10.9. The quantitative estimate of drug-likeness (QED) is 0.480. The molecule has 1 aromatic carbocycles. The SMILES string of the molecule is C=CCN(C(=O)CSc1nc(N)cc(N)n1)c1ccccc1. The van der Waals surface area contributed by atoms with E-state index in [1.54, 1.807) is 11.0 Å². The number of rotatable bonds is 6. The standard InChI is InChI=1S/C15H17N5OS/c1-2-8-20(11-6-4-3-5-7-11)14(21)10-22-15-18-12(16)9-13(17)19-15/h2-7,9H,1,8,10H2,(H4,16,17,18,19). The molecule has 0 aliphatic carbocycles. The summed E-state index contributed by atoms with van der Waals surface area (Å²) >= 11 is 1.20. The van der Waals surface area contributed by atoms with E-state index in [2.05, 4.69) is 16.5 Å². The van der Waals surface area contributed by atoms with Crippen LogP contribution in [0.15, 0.2) is 54.2 Å². The summed E-state index contributed by atoms with van der Waals surface area (Å²) in [5.41, 5.74) is 12.0. The number of benzene rings is 1. The van der Waals surface area contributed by atoms with Gasteiger partial charge in [0.15, 0.2) is 5.16 Å². The summed E-state index contributed by atoms with van der Waals surface area (Å²) < 4.78 is 0. The van der Waals surface area contributed by atoms with Gasteiger partial charge in [0.05, 0.1) is 5.75 Å². The third-order valence-electron chi connectivity index (χ3n) is 2.75. The Bertz CT molecular complexity index is 642. The second-order valence-corrected chi connectivity index (χ2v) is 5.36. The molecule has 1 heterocycles. The molecule has 0 radical (unpaired) electrons. The molecule has 0 unspecified atom stereocenters. The number of nitrogens with two attached hydrogens (primary N) is 2. The first-order chi connectivity index (χ1) is 10.6.